The minimum absolute atomic E-state index is 0.150. The number of carboxylic acid groups (broad SMARTS) is 1. The van der Waals surface area contributed by atoms with Gasteiger partial charge in [0.1, 0.15) is 6.54 Å². The number of hydrogen-bond donors (Lipinski definition) is 2. The van der Waals surface area contributed by atoms with Crippen LogP contribution >= 0.6 is 0 Å². The zero-order valence-electron chi connectivity index (χ0n) is 11.5. The van der Waals surface area contributed by atoms with Gasteiger partial charge >= 0.3 is 5.97 Å². The van der Waals surface area contributed by atoms with Gasteiger partial charge in [-0.1, -0.05) is 18.6 Å². The predicted octanol–water partition coefficient (Wildman–Crippen LogP) is 1.90. The molecular weight excluding hydrogens is 244 g/mol. The van der Waals surface area contributed by atoms with Crippen LogP contribution in [0.15, 0.2) is 18.2 Å². The van der Waals surface area contributed by atoms with Crippen molar-refractivity contribution in [2.45, 2.75) is 33.2 Å². The summed E-state index contributed by atoms with van der Waals surface area (Å²) in [5.74, 6) is -1.36. The highest BCUT2D eigenvalue weighted by molar-refractivity contribution is 6.00. The van der Waals surface area contributed by atoms with E-state index in [1.54, 1.807) is 12.1 Å². The molecule has 0 saturated heterocycles. The van der Waals surface area contributed by atoms with Crippen molar-refractivity contribution in [3.63, 3.8) is 0 Å². The number of aryl methyl sites for hydroxylation is 1. The van der Waals surface area contributed by atoms with Crippen molar-refractivity contribution < 1.29 is 14.7 Å². The number of amides is 1. The average Bonchev–Trinajstić information content (AvgIpc) is 2.37. The van der Waals surface area contributed by atoms with Crippen molar-refractivity contribution in [2.24, 2.45) is 0 Å². The molecule has 1 atom stereocenters. The van der Waals surface area contributed by atoms with Crippen LogP contribution in [-0.2, 0) is 4.79 Å². The number of nitrogens with two attached hydrogens (primary N) is 1. The van der Waals surface area contributed by atoms with Crippen LogP contribution < -0.4 is 5.73 Å². The first-order chi connectivity index (χ1) is 8.86. The summed E-state index contributed by atoms with van der Waals surface area (Å²) >= 11 is 0. The molecule has 0 aliphatic rings. The van der Waals surface area contributed by atoms with Crippen LogP contribution in [0.25, 0.3) is 0 Å². The third kappa shape index (κ3) is 3.71. The summed E-state index contributed by atoms with van der Waals surface area (Å²) in [6.07, 6.45) is 0.685. The fraction of sp³-hybridized carbons (Fsp3) is 0.429. The Kier molecular flexibility index (Phi) is 4.92. The van der Waals surface area contributed by atoms with Crippen molar-refractivity contribution in [1.29, 1.82) is 0 Å². The number of hydrogen-bond acceptors (Lipinski definition) is 3. The molecule has 0 bridgehead atoms. The van der Waals surface area contributed by atoms with Crippen LogP contribution in [0.1, 0.15) is 36.2 Å². The van der Waals surface area contributed by atoms with Gasteiger partial charge in [0.2, 0.25) is 0 Å². The Morgan fingerprint density at radius 2 is 2.05 bits per heavy atom. The Balaban J connectivity index is 3.11. The molecule has 1 amide bonds. The van der Waals surface area contributed by atoms with Gasteiger partial charge in [-0.15, -0.1) is 0 Å². The number of carbonyl (C=O) groups excluding carboxylic acids is 1. The summed E-state index contributed by atoms with van der Waals surface area (Å²) in [6, 6.07) is 5.02. The SMILES string of the molecule is CCC(C)N(CC(=O)O)C(=O)c1cc(C)ccc1N. The standard InChI is InChI=1S/C14H20N2O3/c1-4-10(3)16(8-13(17)18)14(19)11-7-9(2)5-6-12(11)15/h5-7,10H,4,8,15H2,1-3H3,(H,17,18). The van der Waals surface area contributed by atoms with Gasteiger partial charge in [0.05, 0.1) is 5.56 Å². The zero-order chi connectivity index (χ0) is 14.6. The Bertz CT molecular complexity index is 486. The smallest absolute Gasteiger partial charge is 0.323 e. The number of aliphatic carboxylic acids is 1. The predicted molar refractivity (Wildman–Crippen MR) is 74.0 cm³/mol. The van der Waals surface area contributed by atoms with Crippen molar-refractivity contribution in [3.8, 4) is 0 Å². The minimum atomic E-state index is -1.03. The summed E-state index contributed by atoms with van der Waals surface area (Å²) in [5.41, 5.74) is 7.45. The van der Waals surface area contributed by atoms with Crippen molar-refractivity contribution in [1.82, 2.24) is 4.90 Å². The number of anilines is 1. The first kappa shape index (κ1) is 15.0. The first-order valence-corrected chi connectivity index (χ1v) is 6.25. The molecule has 0 aliphatic heterocycles. The van der Waals surface area contributed by atoms with E-state index in [9.17, 15) is 9.59 Å². The highest BCUT2D eigenvalue weighted by Crippen LogP contribution is 2.18. The minimum Gasteiger partial charge on any atom is -0.480 e. The molecule has 1 aromatic carbocycles. The van der Waals surface area contributed by atoms with Gasteiger partial charge in [-0.3, -0.25) is 9.59 Å². The molecule has 3 N–H and O–H groups in total. The highest BCUT2D eigenvalue weighted by atomic mass is 16.4. The highest BCUT2D eigenvalue weighted by Gasteiger charge is 2.24. The molecule has 0 aliphatic carbocycles. The summed E-state index contributed by atoms with van der Waals surface area (Å²) < 4.78 is 0. The van der Waals surface area contributed by atoms with Gasteiger partial charge < -0.3 is 15.7 Å². The van der Waals surface area contributed by atoms with Crippen LogP contribution in [-0.4, -0.2) is 34.5 Å². The Hall–Kier alpha value is -2.04. The van der Waals surface area contributed by atoms with E-state index >= 15 is 0 Å². The van der Waals surface area contributed by atoms with Crippen molar-refractivity contribution in [2.75, 3.05) is 12.3 Å². The fourth-order valence-corrected chi connectivity index (χ4v) is 1.80. The van der Waals surface area contributed by atoms with Crippen LogP contribution in [0.4, 0.5) is 5.69 Å². The Morgan fingerprint density at radius 3 is 2.58 bits per heavy atom. The number of nitrogen functional groups attached to an aromatic ring is 1. The quantitative estimate of drug-likeness (QED) is 0.796. The number of rotatable bonds is 5. The number of benzene rings is 1. The molecule has 0 fully saturated rings. The van der Waals surface area contributed by atoms with Crippen LogP contribution in [0.3, 0.4) is 0 Å². The maximum Gasteiger partial charge on any atom is 0.323 e. The number of nitrogens with zero attached hydrogens (tertiary/aromatic N) is 1. The molecule has 0 spiro atoms. The molecule has 19 heavy (non-hydrogen) atoms. The first-order valence-electron chi connectivity index (χ1n) is 6.25. The van der Waals surface area contributed by atoms with Crippen LogP contribution in [0.2, 0.25) is 0 Å². The van der Waals surface area contributed by atoms with E-state index in [2.05, 4.69) is 0 Å². The Morgan fingerprint density at radius 1 is 1.42 bits per heavy atom. The number of carboxylic acids is 1. The van der Waals surface area contributed by atoms with Gasteiger partial charge in [0.15, 0.2) is 0 Å². The summed E-state index contributed by atoms with van der Waals surface area (Å²) in [5, 5.41) is 8.92. The molecule has 0 heterocycles. The van der Waals surface area contributed by atoms with Gasteiger partial charge in [0.25, 0.3) is 5.91 Å². The molecule has 0 radical (unpaired) electrons. The fourth-order valence-electron chi connectivity index (χ4n) is 1.80. The monoisotopic (exact) mass is 264 g/mol. The normalized spacial score (nSPS) is 11.9. The van der Waals surface area contributed by atoms with Gasteiger partial charge in [-0.05, 0) is 32.4 Å². The van der Waals surface area contributed by atoms with Gasteiger partial charge in [-0.25, -0.2) is 0 Å². The van der Waals surface area contributed by atoms with E-state index in [1.807, 2.05) is 26.8 Å². The Labute approximate surface area is 113 Å². The maximum absolute atomic E-state index is 12.4. The topological polar surface area (TPSA) is 83.6 Å². The molecule has 1 unspecified atom stereocenters. The molecule has 1 aromatic rings. The second-order valence-corrected chi connectivity index (χ2v) is 4.67. The second-order valence-electron chi connectivity index (χ2n) is 4.67. The molecule has 5 heteroatoms. The average molecular weight is 264 g/mol. The van der Waals surface area contributed by atoms with E-state index < -0.39 is 5.97 Å². The summed E-state index contributed by atoms with van der Waals surface area (Å²) in [4.78, 5) is 24.7. The third-order valence-corrected chi connectivity index (χ3v) is 3.13. The molecule has 5 nitrogen and oxygen atoms in total. The van der Waals surface area contributed by atoms with Crippen LogP contribution in [0.5, 0.6) is 0 Å². The van der Waals surface area contributed by atoms with E-state index in [-0.39, 0.29) is 18.5 Å². The van der Waals surface area contributed by atoms with E-state index in [4.69, 9.17) is 10.8 Å². The largest absolute Gasteiger partial charge is 0.480 e. The van der Waals surface area contributed by atoms with E-state index in [0.717, 1.165) is 5.56 Å². The molecule has 1 rings (SSSR count). The van der Waals surface area contributed by atoms with Gasteiger partial charge in [-0.2, -0.15) is 0 Å². The van der Waals surface area contributed by atoms with Crippen molar-refractivity contribution >= 4 is 17.6 Å². The molecule has 104 valence electrons. The van der Waals surface area contributed by atoms with Gasteiger partial charge in [0, 0.05) is 11.7 Å². The lowest BCUT2D eigenvalue weighted by molar-refractivity contribution is -0.138. The lowest BCUT2D eigenvalue weighted by Gasteiger charge is -2.27. The second kappa shape index (κ2) is 6.22. The molecular formula is C14H20N2O3. The van der Waals surface area contributed by atoms with E-state index in [0.29, 0.717) is 17.7 Å². The number of carbonyl (C=O) groups is 2. The summed E-state index contributed by atoms with van der Waals surface area (Å²) in [6.45, 7) is 5.28. The van der Waals surface area contributed by atoms with E-state index in [1.165, 1.54) is 4.90 Å². The lowest BCUT2D eigenvalue weighted by Crippen LogP contribution is -2.42. The lowest BCUT2D eigenvalue weighted by atomic mass is 10.1. The third-order valence-electron chi connectivity index (χ3n) is 3.13. The maximum atomic E-state index is 12.4. The van der Waals surface area contributed by atoms with Crippen LogP contribution in [0, 0.1) is 6.92 Å². The zero-order valence-corrected chi connectivity index (χ0v) is 11.5. The summed E-state index contributed by atoms with van der Waals surface area (Å²) in [7, 11) is 0. The van der Waals surface area contributed by atoms with Crippen molar-refractivity contribution in [3.05, 3.63) is 29.3 Å². The molecule has 0 aromatic heterocycles. The molecule has 0 saturated carbocycles.